The third-order valence-electron chi connectivity index (χ3n) is 3.09. The second-order valence-electron chi connectivity index (χ2n) is 4.33. The minimum Gasteiger partial charge on any atom is -0.467 e. The van der Waals surface area contributed by atoms with Gasteiger partial charge in [0, 0.05) is 12.1 Å². The van der Waals surface area contributed by atoms with Gasteiger partial charge in [-0.15, -0.1) is 4.98 Å². The Morgan fingerprint density at radius 3 is 2.22 bits per heavy atom. The highest BCUT2D eigenvalue weighted by Gasteiger charge is 2.22. The standard InChI is InChI=1S/C11H19N5O2/c1-17-10-14-9(15-11(16-10)18-2)13-8-6-4-3-5-7(8)12/h7-8H,3-6,12H2,1-2H3,(H,13,14,15,16). The summed E-state index contributed by atoms with van der Waals surface area (Å²) in [6, 6.07) is 0.783. The van der Waals surface area contributed by atoms with Crippen LogP contribution in [0.25, 0.3) is 0 Å². The van der Waals surface area contributed by atoms with Crippen molar-refractivity contribution >= 4 is 5.95 Å². The summed E-state index contributed by atoms with van der Waals surface area (Å²) in [5.74, 6) is 0.445. The molecular formula is C11H19N5O2. The maximum atomic E-state index is 6.07. The van der Waals surface area contributed by atoms with Gasteiger partial charge in [0.15, 0.2) is 0 Å². The van der Waals surface area contributed by atoms with E-state index in [1.54, 1.807) is 0 Å². The smallest absolute Gasteiger partial charge is 0.324 e. The lowest BCUT2D eigenvalue weighted by Gasteiger charge is -2.29. The van der Waals surface area contributed by atoms with Gasteiger partial charge in [0.2, 0.25) is 5.95 Å². The average Bonchev–Trinajstić information content (AvgIpc) is 2.41. The number of rotatable bonds is 4. The summed E-state index contributed by atoms with van der Waals surface area (Å²) in [5, 5.41) is 3.23. The van der Waals surface area contributed by atoms with Crippen LogP contribution in [0.2, 0.25) is 0 Å². The number of anilines is 1. The van der Waals surface area contributed by atoms with Crippen LogP contribution in [-0.4, -0.2) is 41.3 Å². The monoisotopic (exact) mass is 253 g/mol. The van der Waals surface area contributed by atoms with Gasteiger partial charge in [0.1, 0.15) is 0 Å². The minimum absolute atomic E-state index is 0.132. The topological polar surface area (TPSA) is 95.2 Å². The van der Waals surface area contributed by atoms with Gasteiger partial charge < -0.3 is 20.5 Å². The van der Waals surface area contributed by atoms with E-state index in [1.807, 2.05) is 0 Å². The summed E-state index contributed by atoms with van der Waals surface area (Å²) < 4.78 is 10.00. The maximum Gasteiger partial charge on any atom is 0.324 e. The Morgan fingerprint density at radius 1 is 1.06 bits per heavy atom. The Bertz CT molecular complexity index is 379. The van der Waals surface area contributed by atoms with E-state index in [9.17, 15) is 0 Å². The van der Waals surface area contributed by atoms with Gasteiger partial charge >= 0.3 is 12.0 Å². The molecule has 1 aromatic rings. The lowest BCUT2D eigenvalue weighted by Crippen LogP contribution is -2.43. The summed E-state index contributed by atoms with van der Waals surface area (Å²) in [6.45, 7) is 0. The zero-order valence-corrected chi connectivity index (χ0v) is 10.7. The maximum absolute atomic E-state index is 6.07. The number of nitrogens with one attached hydrogen (secondary N) is 1. The average molecular weight is 253 g/mol. The molecule has 0 aliphatic heterocycles. The van der Waals surface area contributed by atoms with Crippen LogP contribution in [0, 0.1) is 0 Å². The van der Waals surface area contributed by atoms with E-state index >= 15 is 0 Å². The fraction of sp³-hybridized carbons (Fsp3) is 0.727. The van der Waals surface area contributed by atoms with Crippen LogP contribution in [-0.2, 0) is 0 Å². The van der Waals surface area contributed by atoms with Crippen LogP contribution < -0.4 is 20.5 Å². The van der Waals surface area contributed by atoms with E-state index in [0.29, 0.717) is 5.95 Å². The Labute approximate surface area is 106 Å². The van der Waals surface area contributed by atoms with Crippen molar-refractivity contribution < 1.29 is 9.47 Å². The Hall–Kier alpha value is -1.63. The van der Waals surface area contributed by atoms with Crippen LogP contribution in [0.4, 0.5) is 5.95 Å². The highest BCUT2D eigenvalue weighted by molar-refractivity contribution is 5.30. The summed E-state index contributed by atoms with van der Waals surface area (Å²) in [6.07, 6.45) is 4.41. The molecule has 7 nitrogen and oxygen atoms in total. The second kappa shape index (κ2) is 5.81. The molecule has 1 fully saturated rings. The van der Waals surface area contributed by atoms with Gasteiger partial charge in [-0.1, -0.05) is 12.8 Å². The van der Waals surface area contributed by atoms with Crippen molar-refractivity contribution in [2.24, 2.45) is 5.73 Å². The van der Waals surface area contributed by atoms with Crippen molar-refractivity contribution in [3.05, 3.63) is 0 Å². The molecule has 100 valence electrons. The van der Waals surface area contributed by atoms with Gasteiger partial charge in [0.05, 0.1) is 14.2 Å². The summed E-state index contributed by atoms with van der Waals surface area (Å²) >= 11 is 0. The zero-order valence-electron chi connectivity index (χ0n) is 10.7. The minimum atomic E-state index is 0.132. The molecule has 7 heteroatoms. The van der Waals surface area contributed by atoms with Crippen LogP contribution in [0.1, 0.15) is 25.7 Å². The number of aromatic nitrogens is 3. The molecule has 0 bridgehead atoms. The van der Waals surface area contributed by atoms with Crippen LogP contribution >= 0.6 is 0 Å². The lowest BCUT2D eigenvalue weighted by atomic mass is 9.91. The first-order chi connectivity index (χ1) is 8.72. The molecule has 2 rings (SSSR count). The summed E-state index contributed by atoms with van der Waals surface area (Å²) in [4.78, 5) is 12.2. The quantitative estimate of drug-likeness (QED) is 0.809. The van der Waals surface area contributed by atoms with Gasteiger partial charge in [-0.3, -0.25) is 0 Å². The first kappa shape index (κ1) is 12.8. The van der Waals surface area contributed by atoms with E-state index < -0.39 is 0 Å². The van der Waals surface area contributed by atoms with E-state index in [-0.39, 0.29) is 24.1 Å². The highest BCUT2D eigenvalue weighted by Crippen LogP contribution is 2.21. The van der Waals surface area contributed by atoms with Crippen molar-refractivity contribution in [2.75, 3.05) is 19.5 Å². The third-order valence-corrected chi connectivity index (χ3v) is 3.09. The number of hydrogen-bond acceptors (Lipinski definition) is 7. The molecule has 3 N–H and O–H groups in total. The predicted octanol–water partition coefficient (Wildman–Crippen LogP) is 0.571. The molecule has 0 amide bonds. The molecule has 0 aromatic carbocycles. The van der Waals surface area contributed by atoms with Crippen molar-refractivity contribution in [1.29, 1.82) is 0 Å². The molecule has 1 saturated carbocycles. The van der Waals surface area contributed by atoms with Gasteiger partial charge in [-0.25, -0.2) is 0 Å². The molecule has 2 unspecified atom stereocenters. The first-order valence-corrected chi connectivity index (χ1v) is 6.09. The number of methoxy groups -OCH3 is 2. The molecule has 0 spiro atoms. The first-order valence-electron chi connectivity index (χ1n) is 6.09. The van der Waals surface area contributed by atoms with Gasteiger partial charge in [-0.05, 0) is 12.8 Å². The SMILES string of the molecule is COc1nc(NC2CCCCC2N)nc(OC)n1. The Kier molecular flexibility index (Phi) is 4.14. The van der Waals surface area contributed by atoms with Crippen molar-refractivity contribution in [3.63, 3.8) is 0 Å². The van der Waals surface area contributed by atoms with E-state index in [2.05, 4.69) is 20.3 Å². The van der Waals surface area contributed by atoms with E-state index in [0.717, 1.165) is 12.8 Å². The number of nitrogens with zero attached hydrogens (tertiary/aromatic N) is 3. The summed E-state index contributed by atoms with van der Waals surface area (Å²) in [7, 11) is 3.01. The molecule has 1 aliphatic carbocycles. The molecular weight excluding hydrogens is 234 g/mol. The molecule has 18 heavy (non-hydrogen) atoms. The van der Waals surface area contributed by atoms with E-state index in [4.69, 9.17) is 15.2 Å². The number of ether oxygens (including phenoxy) is 2. The Balaban J connectivity index is 2.12. The number of nitrogens with two attached hydrogens (primary N) is 1. The summed E-state index contributed by atoms with van der Waals surface area (Å²) in [5.41, 5.74) is 6.07. The molecule has 0 radical (unpaired) electrons. The highest BCUT2D eigenvalue weighted by atomic mass is 16.5. The van der Waals surface area contributed by atoms with Crippen molar-refractivity contribution in [2.45, 2.75) is 37.8 Å². The normalized spacial score (nSPS) is 23.5. The van der Waals surface area contributed by atoms with Gasteiger partial charge in [-0.2, -0.15) is 9.97 Å². The van der Waals surface area contributed by atoms with Crippen molar-refractivity contribution in [3.8, 4) is 12.0 Å². The zero-order chi connectivity index (χ0) is 13.0. The Morgan fingerprint density at radius 2 is 1.67 bits per heavy atom. The van der Waals surface area contributed by atoms with Crippen LogP contribution in [0.15, 0.2) is 0 Å². The van der Waals surface area contributed by atoms with Gasteiger partial charge in [0.25, 0.3) is 0 Å². The predicted molar refractivity (Wildman–Crippen MR) is 66.8 cm³/mol. The third kappa shape index (κ3) is 2.98. The largest absolute Gasteiger partial charge is 0.467 e. The molecule has 1 aliphatic rings. The van der Waals surface area contributed by atoms with Crippen LogP contribution in [0.5, 0.6) is 12.0 Å². The molecule has 1 heterocycles. The fourth-order valence-corrected chi connectivity index (χ4v) is 2.09. The number of hydrogen-bond donors (Lipinski definition) is 2. The molecule has 0 saturated heterocycles. The van der Waals surface area contributed by atoms with Crippen molar-refractivity contribution in [1.82, 2.24) is 15.0 Å². The molecule has 1 aromatic heterocycles. The van der Waals surface area contributed by atoms with E-state index in [1.165, 1.54) is 27.1 Å². The van der Waals surface area contributed by atoms with Crippen LogP contribution in [0.3, 0.4) is 0 Å². The molecule has 2 atom stereocenters. The fourth-order valence-electron chi connectivity index (χ4n) is 2.09. The second-order valence-corrected chi connectivity index (χ2v) is 4.33. The lowest BCUT2D eigenvalue weighted by molar-refractivity contribution is 0.339.